The molecule has 0 saturated heterocycles. The zero-order valence-electron chi connectivity index (χ0n) is 14.3. The van der Waals surface area contributed by atoms with Gasteiger partial charge in [0.15, 0.2) is 5.17 Å². The fraction of sp³-hybridized carbons (Fsp3) is 0.167. The second-order valence-electron chi connectivity index (χ2n) is 6.12. The number of rotatable bonds is 2. The Morgan fingerprint density at radius 2 is 2.11 bits per heavy atom. The van der Waals surface area contributed by atoms with Crippen LogP contribution in [0.3, 0.4) is 0 Å². The molecule has 2 aliphatic rings. The number of carbonyl (C=O) groups excluding carboxylic acids is 1. The summed E-state index contributed by atoms with van der Waals surface area (Å²) >= 11 is 1.25. The van der Waals surface area contributed by atoms with Gasteiger partial charge in [0.05, 0.1) is 23.1 Å². The van der Waals surface area contributed by atoms with Gasteiger partial charge in [0.1, 0.15) is 0 Å². The summed E-state index contributed by atoms with van der Waals surface area (Å²) in [5, 5.41) is 9.46. The van der Waals surface area contributed by atoms with Crippen LogP contribution in [0.25, 0.3) is 0 Å². The van der Waals surface area contributed by atoms with Gasteiger partial charge in [0.2, 0.25) is 0 Å². The molecule has 0 radical (unpaired) electrons. The normalized spacial score (nSPS) is 16.7. The van der Waals surface area contributed by atoms with Crippen molar-refractivity contribution in [1.29, 1.82) is 5.26 Å². The molecule has 0 unspecified atom stereocenters. The molecule has 27 heavy (non-hydrogen) atoms. The lowest BCUT2D eigenvalue weighted by Crippen LogP contribution is -2.35. The van der Waals surface area contributed by atoms with Crippen molar-refractivity contribution in [2.75, 3.05) is 29.1 Å². The summed E-state index contributed by atoms with van der Waals surface area (Å²) in [7, 11) is -1.76. The van der Waals surface area contributed by atoms with Crippen molar-refractivity contribution in [3.63, 3.8) is 0 Å². The molecule has 2 heterocycles. The lowest BCUT2D eigenvalue weighted by molar-refractivity contribution is 0.0993. The van der Waals surface area contributed by atoms with Crippen LogP contribution < -0.4 is 9.80 Å². The Bertz CT molecular complexity index is 1140. The molecule has 0 atom stereocenters. The molecule has 0 aliphatic carbocycles. The van der Waals surface area contributed by atoms with E-state index in [1.807, 2.05) is 11.0 Å². The largest absolute Gasteiger partial charge is 0.318 e. The SMILES string of the molecule is CN(C(=O)c1ccc2c(c1)SC1=NS(=O)(=O)CCN12)c1cccc(C#N)c1. The van der Waals surface area contributed by atoms with Crippen molar-refractivity contribution < 1.29 is 13.2 Å². The van der Waals surface area contributed by atoms with Gasteiger partial charge in [-0.3, -0.25) is 4.79 Å². The van der Waals surface area contributed by atoms with Gasteiger partial charge in [0, 0.05) is 29.7 Å². The van der Waals surface area contributed by atoms with Crippen LogP contribution in [0.1, 0.15) is 15.9 Å². The van der Waals surface area contributed by atoms with E-state index in [-0.39, 0.29) is 11.7 Å². The third-order valence-corrected chi connectivity index (χ3v) is 6.69. The molecule has 2 aliphatic heterocycles. The molecule has 2 aromatic carbocycles. The number of fused-ring (bicyclic) bond motifs is 3. The summed E-state index contributed by atoms with van der Waals surface area (Å²) in [6.07, 6.45) is 0. The summed E-state index contributed by atoms with van der Waals surface area (Å²) in [5.41, 5.74) is 2.45. The number of amidine groups is 1. The summed E-state index contributed by atoms with van der Waals surface area (Å²) in [5.74, 6) is -0.234. The Kier molecular flexibility index (Phi) is 4.17. The molecular weight excluding hydrogens is 384 g/mol. The summed E-state index contributed by atoms with van der Waals surface area (Å²) in [4.78, 5) is 17.0. The van der Waals surface area contributed by atoms with E-state index in [2.05, 4.69) is 10.5 Å². The number of hydrogen-bond acceptors (Lipinski definition) is 6. The van der Waals surface area contributed by atoms with Crippen LogP contribution in [0.2, 0.25) is 0 Å². The first-order valence-corrected chi connectivity index (χ1v) is 10.5. The zero-order valence-corrected chi connectivity index (χ0v) is 15.9. The summed E-state index contributed by atoms with van der Waals surface area (Å²) in [6, 6.07) is 14.2. The molecule has 136 valence electrons. The Balaban J connectivity index is 1.64. The first-order chi connectivity index (χ1) is 12.9. The highest BCUT2D eigenvalue weighted by atomic mass is 32.2. The maximum absolute atomic E-state index is 12.9. The highest BCUT2D eigenvalue weighted by molar-refractivity contribution is 8.15. The maximum Gasteiger partial charge on any atom is 0.258 e. The number of nitrogens with zero attached hydrogens (tertiary/aromatic N) is 4. The van der Waals surface area contributed by atoms with Crippen LogP contribution in [0, 0.1) is 11.3 Å². The van der Waals surface area contributed by atoms with E-state index < -0.39 is 10.0 Å². The van der Waals surface area contributed by atoms with Crippen molar-refractivity contribution in [3.05, 3.63) is 53.6 Å². The lowest BCUT2D eigenvalue weighted by Gasteiger charge is -2.22. The molecule has 0 saturated carbocycles. The number of benzene rings is 2. The smallest absolute Gasteiger partial charge is 0.258 e. The zero-order chi connectivity index (χ0) is 19.2. The molecule has 1 amide bonds. The summed E-state index contributed by atoms with van der Waals surface area (Å²) in [6.45, 7) is 0.356. The van der Waals surface area contributed by atoms with Crippen LogP contribution in [-0.2, 0) is 10.0 Å². The molecule has 9 heteroatoms. The van der Waals surface area contributed by atoms with Gasteiger partial charge in [-0.15, -0.1) is 4.40 Å². The minimum absolute atomic E-state index is 0.0187. The van der Waals surface area contributed by atoms with E-state index in [9.17, 15) is 13.2 Å². The number of anilines is 2. The van der Waals surface area contributed by atoms with Crippen LogP contribution in [0.5, 0.6) is 0 Å². The van der Waals surface area contributed by atoms with Crippen molar-refractivity contribution in [2.24, 2.45) is 4.40 Å². The Hall–Kier alpha value is -2.83. The highest BCUT2D eigenvalue weighted by Crippen LogP contribution is 2.42. The predicted molar refractivity (Wildman–Crippen MR) is 105 cm³/mol. The van der Waals surface area contributed by atoms with E-state index in [0.717, 1.165) is 10.6 Å². The molecular formula is C18H14N4O3S2. The topological polar surface area (TPSA) is 93.8 Å². The average Bonchev–Trinajstić information content (AvgIpc) is 3.01. The van der Waals surface area contributed by atoms with E-state index in [1.165, 1.54) is 16.7 Å². The Labute approximate surface area is 161 Å². The number of nitriles is 1. The van der Waals surface area contributed by atoms with Gasteiger partial charge in [-0.1, -0.05) is 6.07 Å². The summed E-state index contributed by atoms with van der Waals surface area (Å²) < 4.78 is 27.2. The number of thioether (sulfide) groups is 1. The monoisotopic (exact) mass is 398 g/mol. The molecule has 0 N–H and O–H groups in total. The van der Waals surface area contributed by atoms with E-state index >= 15 is 0 Å². The average molecular weight is 398 g/mol. The molecule has 0 bridgehead atoms. The van der Waals surface area contributed by atoms with E-state index in [4.69, 9.17) is 5.26 Å². The van der Waals surface area contributed by atoms with Gasteiger partial charge in [0.25, 0.3) is 15.9 Å². The van der Waals surface area contributed by atoms with Gasteiger partial charge in [-0.05, 0) is 48.2 Å². The third kappa shape index (κ3) is 3.18. The molecule has 4 rings (SSSR count). The van der Waals surface area contributed by atoms with Crippen molar-refractivity contribution in [3.8, 4) is 6.07 Å². The number of amides is 1. The van der Waals surface area contributed by atoms with Gasteiger partial charge >= 0.3 is 0 Å². The third-order valence-electron chi connectivity index (χ3n) is 4.39. The van der Waals surface area contributed by atoms with Crippen LogP contribution in [0.4, 0.5) is 11.4 Å². The quantitative estimate of drug-likeness (QED) is 0.771. The van der Waals surface area contributed by atoms with E-state index in [0.29, 0.717) is 28.5 Å². The van der Waals surface area contributed by atoms with E-state index in [1.54, 1.807) is 43.4 Å². The van der Waals surface area contributed by atoms with Gasteiger partial charge < -0.3 is 9.80 Å². The first kappa shape index (κ1) is 17.6. The predicted octanol–water partition coefficient (Wildman–Crippen LogP) is 2.45. The standard InChI is InChI=1S/C18H14N4O3S2/c1-21(14-4-2-3-12(9-14)11-19)17(23)13-5-6-15-16(10-13)26-18-20-27(24,25)8-7-22(15)18/h2-6,9-10H,7-8H2,1H3. The van der Waals surface area contributed by atoms with Crippen molar-refractivity contribution in [2.45, 2.75) is 4.90 Å². The molecule has 0 aromatic heterocycles. The first-order valence-electron chi connectivity index (χ1n) is 8.08. The highest BCUT2D eigenvalue weighted by Gasteiger charge is 2.33. The lowest BCUT2D eigenvalue weighted by atomic mass is 10.1. The molecule has 2 aromatic rings. The minimum Gasteiger partial charge on any atom is -0.318 e. The van der Waals surface area contributed by atoms with Crippen LogP contribution in [0.15, 0.2) is 51.8 Å². The molecule has 0 spiro atoms. The number of sulfonamides is 1. The maximum atomic E-state index is 12.9. The number of carbonyl (C=O) groups is 1. The second-order valence-corrected chi connectivity index (χ2v) is 8.89. The fourth-order valence-corrected chi connectivity index (χ4v) is 5.25. The Morgan fingerprint density at radius 3 is 2.89 bits per heavy atom. The second kappa shape index (κ2) is 6.40. The molecule has 0 fully saturated rings. The fourth-order valence-electron chi connectivity index (χ4n) is 2.96. The molecule has 7 nitrogen and oxygen atoms in total. The van der Waals surface area contributed by atoms with Gasteiger partial charge in [-0.2, -0.15) is 5.26 Å². The Morgan fingerprint density at radius 1 is 1.30 bits per heavy atom. The van der Waals surface area contributed by atoms with Gasteiger partial charge in [-0.25, -0.2) is 8.42 Å². The minimum atomic E-state index is -3.41. The van der Waals surface area contributed by atoms with Crippen molar-refractivity contribution in [1.82, 2.24) is 0 Å². The van der Waals surface area contributed by atoms with Crippen molar-refractivity contribution >= 4 is 44.2 Å². The van der Waals surface area contributed by atoms with Crippen LogP contribution in [-0.4, -0.2) is 38.8 Å². The number of hydrogen-bond donors (Lipinski definition) is 0. The van der Waals surface area contributed by atoms with Crippen LogP contribution >= 0.6 is 11.8 Å².